The van der Waals surface area contributed by atoms with E-state index >= 15 is 9.59 Å². The summed E-state index contributed by atoms with van der Waals surface area (Å²) in [6.07, 6.45) is -6.18. The maximum Gasteiger partial charge on any atom is 0.341 e. The number of esters is 4. The molecule has 2 saturated carbocycles. The summed E-state index contributed by atoms with van der Waals surface area (Å²) in [6.45, 7) is 25.0. The van der Waals surface area contributed by atoms with E-state index in [2.05, 4.69) is 5.32 Å². The molecule has 1 amide bonds. The van der Waals surface area contributed by atoms with Gasteiger partial charge in [0, 0.05) is 37.7 Å². The van der Waals surface area contributed by atoms with E-state index in [1.807, 2.05) is 60.7 Å². The number of amides is 1. The van der Waals surface area contributed by atoms with Crippen LogP contribution in [0.25, 0.3) is 0 Å². The van der Waals surface area contributed by atoms with E-state index < -0.39 is 134 Å². The van der Waals surface area contributed by atoms with E-state index in [0.717, 1.165) is 0 Å². The van der Waals surface area contributed by atoms with Gasteiger partial charge in [-0.15, -0.1) is 0 Å². The number of carbonyl (C=O) groups is 6. The first-order valence-corrected chi connectivity index (χ1v) is 31.7. The lowest BCUT2D eigenvalue weighted by molar-refractivity contribution is -0.344. The number of rotatable bonds is 17. The molecule has 1 saturated heterocycles. The van der Waals surface area contributed by atoms with Crippen molar-refractivity contribution in [3.05, 3.63) is 107 Å². The molecule has 4 aliphatic rings. The van der Waals surface area contributed by atoms with E-state index in [-0.39, 0.29) is 24.2 Å². The predicted molar refractivity (Wildman–Crippen MR) is 282 cm³/mol. The van der Waals surface area contributed by atoms with Gasteiger partial charge in [-0.2, -0.15) is 0 Å². The van der Waals surface area contributed by atoms with Crippen molar-refractivity contribution in [3.8, 4) is 0 Å². The number of ether oxygens (including phenoxy) is 5. The largest absolute Gasteiger partial charge is 0.472 e. The van der Waals surface area contributed by atoms with Crippen LogP contribution in [-0.2, 0) is 51.7 Å². The smallest absolute Gasteiger partial charge is 0.341 e. The number of benzene rings is 2. The highest BCUT2D eigenvalue weighted by molar-refractivity contribution is 6.74. The van der Waals surface area contributed by atoms with Crippen molar-refractivity contribution in [2.75, 3.05) is 6.61 Å². The third-order valence-corrected chi connectivity index (χ3v) is 26.8. The monoisotopic (exact) mass is 1070 g/mol. The van der Waals surface area contributed by atoms with Crippen LogP contribution in [-0.4, -0.2) is 112 Å². The maximum absolute atomic E-state index is 16.5. The second-order valence-electron chi connectivity index (χ2n) is 23.2. The molecule has 18 heteroatoms. The van der Waals surface area contributed by atoms with Gasteiger partial charge in [0.1, 0.15) is 30.2 Å². The van der Waals surface area contributed by atoms with Crippen LogP contribution in [0, 0.1) is 16.7 Å². The summed E-state index contributed by atoms with van der Waals surface area (Å²) in [4.78, 5) is 88.2. The highest BCUT2D eigenvalue weighted by Gasteiger charge is 2.79. The summed E-state index contributed by atoms with van der Waals surface area (Å²) in [5.41, 5.74) is -6.25. The topological polar surface area (TPSA) is 212 Å². The summed E-state index contributed by atoms with van der Waals surface area (Å²) in [5.74, 6) is -5.92. The number of hydrogen-bond acceptors (Lipinski definition) is 15. The van der Waals surface area contributed by atoms with Gasteiger partial charge in [0.05, 0.1) is 41.9 Å². The van der Waals surface area contributed by atoms with E-state index in [1.165, 1.54) is 32.4 Å². The molecule has 2 bridgehead atoms. The van der Waals surface area contributed by atoms with Gasteiger partial charge in [-0.05, 0) is 85.0 Å². The van der Waals surface area contributed by atoms with Gasteiger partial charge in [-0.1, -0.05) is 104 Å². The number of nitrogens with one attached hydrogen (secondary N) is 1. The molecule has 2 heterocycles. The van der Waals surface area contributed by atoms with Gasteiger partial charge in [-0.3, -0.25) is 19.2 Å². The molecule has 0 radical (unpaired) electrons. The Bertz CT molecular complexity index is 2640. The average Bonchev–Trinajstić information content (AvgIpc) is 3.90. The first-order valence-electron chi connectivity index (χ1n) is 26.2. The van der Waals surface area contributed by atoms with E-state index in [1.54, 1.807) is 82.3 Å². The molecular weight excluding hydrogens is 995 g/mol. The zero-order valence-corrected chi connectivity index (χ0v) is 48.0. The maximum atomic E-state index is 16.5. The number of hydrogen-bond donors (Lipinski definition) is 2. The van der Waals surface area contributed by atoms with Gasteiger partial charge >= 0.3 is 23.9 Å². The lowest BCUT2D eigenvalue weighted by Crippen LogP contribution is -2.82. The Morgan fingerprint density at radius 2 is 1.47 bits per heavy atom. The van der Waals surface area contributed by atoms with Crippen LogP contribution in [0.1, 0.15) is 128 Å². The standard InChI is InChI=1S/C57H77NO15Si2/c1-15-75(16-2,17-3)72-41-30-42-56(33-67-42,71-36(6)60)47-49(70-51(63)39-28-29-66-32-39)57(65)31-40(34(4)43(54(57,10)11)45(68-35(5)59)48(61)55(41,47)12)69-52(64)46(73-74(13,14)53(7,8)9)44(37-24-20-18-21-25-37)58-50(62)38-26-22-19-23-27-38/h18-29,32,40-42,44-47,49,65H,15-17,30-31,33H2,1-14H3,(H,58,62)/t40-,41-,42+,44-,45+,46+,47-,49-,55+,56-,57+/m0/s1. The molecule has 1 aliphatic heterocycles. The quantitative estimate of drug-likeness (QED) is 0.0558. The third kappa shape index (κ3) is 10.3. The second kappa shape index (κ2) is 21.3. The Morgan fingerprint density at radius 1 is 0.853 bits per heavy atom. The predicted octanol–water partition coefficient (Wildman–Crippen LogP) is 9.39. The van der Waals surface area contributed by atoms with E-state index in [0.29, 0.717) is 34.8 Å². The number of fused-ring (bicyclic) bond motifs is 5. The molecule has 3 aliphatic carbocycles. The van der Waals surface area contributed by atoms with Crippen molar-refractivity contribution in [2.24, 2.45) is 16.7 Å². The van der Waals surface area contributed by atoms with Crippen LogP contribution in [0.2, 0.25) is 36.3 Å². The molecule has 0 unspecified atom stereocenters. The number of Topliss-reactive ketones (excluding diaryl/α,β-unsaturated/α-hetero) is 1. The highest BCUT2D eigenvalue weighted by Crippen LogP contribution is 2.65. The zero-order valence-electron chi connectivity index (χ0n) is 46.0. The van der Waals surface area contributed by atoms with Crippen molar-refractivity contribution in [1.29, 1.82) is 0 Å². The molecule has 7 rings (SSSR count). The molecule has 2 N–H and O–H groups in total. The molecule has 408 valence electrons. The Hall–Kier alpha value is -5.25. The zero-order chi connectivity index (χ0) is 55.3. The van der Waals surface area contributed by atoms with Gasteiger partial charge < -0.3 is 47.4 Å². The van der Waals surface area contributed by atoms with Crippen LogP contribution >= 0.6 is 0 Å². The van der Waals surface area contributed by atoms with Crippen molar-refractivity contribution in [1.82, 2.24) is 5.32 Å². The number of ketones is 1. The minimum Gasteiger partial charge on any atom is -0.472 e. The van der Waals surface area contributed by atoms with Gasteiger partial charge in [-0.25, -0.2) is 9.59 Å². The Balaban J connectivity index is 1.48. The number of carbonyl (C=O) groups excluding carboxylic acids is 6. The molecule has 0 spiro atoms. The first-order chi connectivity index (χ1) is 35.1. The van der Waals surface area contributed by atoms with Crippen LogP contribution in [0.3, 0.4) is 0 Å². The molecule has 3 aromatic rings. The van der Waals surface area contributed by atoms with Gasteiger partial charge in [0.25, 0.3) is 5.91 Å². The van der Waals surface area contributed by atoms with Crippen molar-refractivity contribution < 1.29 is 70.8 Å². The normalized spacial score (nSPS) is 29.2. The molecule has 11 atom stereocenters. The average molecular weight is 1070 g/mol. The Morgan fingerprint density at radius 3 is 1.99 bits per heavy atom. The molecular formula is C57H77NO15Si2. The van der Waals surface area contributed by atoms with Crippen LogP contribution in [0.15, 0.2) is 94.8 Å². The minimum absolute atomic E-state index is 0.00827. The Labute approximate surface area is 443 Å². The fourth-order valence-corrected chi connectivity index (χ4v) is 16.2. The summed E-state index contributed by atoms with van der Waals surface area (Å²) >= 11 is 0. The van der Waals surface area contributed by atoms with Gasteiger partial charge in [0.15, 0.2) is 40.2 Å². The van der Waals surface area contributed by atoms with Crippen LogP contribution in [0.4, 0.5) is 0 Å². The lowest BCUT2D eigenvalue weighted by atomic mass is 9.44. The van der Waals surface area contributed by atoms with E-state index in [9.17, 15) is 24.3 Å². The van der Waals surface area contributed by atoms with Crippen molar-refractivity contribution in [3.63, 3.8) is 0 Å². The molecule has 2 aromatic carbocycles. The highest BCUT2D eigenvalue weighted by atomic mass is 28.4. The minimum atomic E-state index is -2.94. The van der Waals surface area contributed by atoms with Crippen molar-refractivity contribution in [2.45, 2.75) is 186 Å². The number of furan rings is 1. The summed E-state index contributed by atoms with van der Waals surface area (Å²) in [7, 11) is -5.60. The van der Waals surface area contributed by atoms with E-state index in [4.69, 9.17) is 37.0 Å². The lowest BCUT2D eigenvalue weighted by Gasteiger charge is -2.68. The molecule has 1 aromatic heterocycles. The summed E-state index contributed by atoms with van der Waals surface area (Å²) in [5, 5.41) is 17.0. The molecule has 75 heavy (non-hydrogen) atoms. The molecule has 16 nitrogen and oxygen atoms in total. The van der Waals surface area contributed by atoms with Gasteiger partial charge in [0.2, 0.25) is 0 Å². The van der Waals surface area contributed by atoms with Crippen LogP contribution < -0.4 is 5.32 Å². The first kappa shape index (κ1) is 57.5. The summed E-state index contributed by atoms with van der Waals surface area (Å²) in [6, 6.07) is 19.9. The number of aliphatic hydroxyl groups is 1. The summed E-state index contributed by atoms with van der Waals surface area (Å²) < 4.78 is 52.1. The van der Waals surface area contributed by atoms with Crippen LogP contribution in [0.5, 0.6) is 0 Å². The Kier molecular flexibility index (Phi) is 16.3. The van der Waals surface area contributed by atoms with Crippen molar-refractivity contribution >= 4 is 52.2 Å². The SMILES string of the molecule is CC[Si](CC)(CC)O[C@H]1C[C@H]2OC[C@@]2(OC(C)=O)[C@H]2[C@H](OC(=O)c3ccoc3)[C@]3(O)C[C@H](OC(=O)[C@H](O[Si](C)(C)C(C)(C)C)[C@@H](NC(=O)c4ccccc4)c4ccccc4)C(C)=C([C@@H](OC(C)=O)C(=O)[C@]12C)C3(C)C. The third-order valence-electron chi connectivity index (χ3n) is 17.7. The fraction of sp³-hybridized carbons (Fsp3) is 0.579. The fourth-order valence-electron chi connectivity index (χ4n) is 12.0. The second-order valence-corrected chi connectivity index (χ2v) is 32.7. The molecule has 3 fully saturated rings.